The molecule has 0 saturated heterocycles. The van der Waals surface area contributed by atoms with Crippen LogP contribution in [0.5, 0.6) is 0 Å². The Bertz CT molecular complexity index is 332. The molecule has 8 heteroatoms. The lowest BCUT2D eigenvalue weighted by molar-refractivity contribution is -0.133. The van der Waals surface area contributed by atoms with Gasteiger partial charge in [0.2, 0.25) is 0 Å². The summed E-state index contributed by atoms with van der Waals surface area (Å²) in [6.45, 7) is 5.27. The highest BCUT2D eigenvalue weighted by Crippen LogP contribution is 2.63. The minimum atomic E-state index is -4.67. The molecule has 0 aromatic heterocycles. The maximum absolute atomic E-state index is 13.6. The van der Waals surface area contributed by atoms with Crippen molar-refractivity contribution in [2.75, 3.05) is 13.2 Å². The maximum Gasteiger partial charge on any atom is 0.399 e. The number of aliphatic carboxylic acids is 1. The number of hydrogen-bond acceptors (Lipinski definition) is 4. The van der Waals surface area contributed by atoms with E-state index in [1.807, 2.05) is 0 Å². The Morgan fingerprint density at radius 3 is 2.06 bits per heavy atom. The average Bonchev–Trinajstić information content (AvgIpc) is 2.17. The number of carboxylic acid groups (broad SMARTS) is 1. The van der Waals surface area contributed by atoms with E-state index in [1.165, 1.54) is 13.8 Å². The van der Waals surface area contributed by atoms with Gasteiger partial charge in [-0.1, -0.05) is 6.58 Å². The minimum absolute atomic E-state index is 0.230. The summed E-state index contributed by atoms with van der Waals surface area (Å²) in [5, 5.41) is 8.47. The molecular formula is C9H15F2O5P. The first-order chi connectivity index (χ1) is 7.70. The van der Waals surface area contributed by atoms with Gasteiger partial charge in [-0.2, -0.15) is 8.78 Å². The van der Waals surface area contributed by atoms with Crippen LogP contribution in [0.1, 0.15) is 20.3 Å². The van der Waals surface area contributed by atoms with Gasteiger partial charge < -0.3 is 14.2 Å². The third kappa shape index (κ3) is 4.18. The van der Waals surface area contributed by atoms with Crippen LogP contribution >= 0.6 is 7.60 Å². The summed E-state index contributed by atoms with van der Waals surface area (Å²) in [6, 6.07) is 0. The molecule has 1 N–H and O–H groups in total. The van der Waals surface area contributed by atoms with Gasteiger partial charge in [0.05, 0.1) is 19.6 Å². The van der Waals surface area contributed by atoms with Gasteiger partial charge in [0.25, 0.3) is 0 Å². The van der Waals surface area contributed by atoms with E-state index >= 15 is 0 Å². The van der Waals surface area contributed by atoms with Gasteiger partial charge >= 0.3 is 19.2 Å². The third-order valence-electron chi connectivity index (χ3n) is 1.73. The normalized spacial score (nSPS) is 12.5. The molecule has 5 nitrogen and oxygen atoms in total. The molecule has 0 rings (SSSR count). The van der Waals surface area contributed by atoms with Gasteiger partial charge in [0, 0.05) is 5.57 Å². The number of alkyl halides is 2. The van der Waals surface area contributed by atoms with E-state index in [1.54, 1.807) is 0 Å². The molecule has 0 bridgehead atoms. The topological polar surface area (TPSA) is 72.8 Å². The van der Waals surface area contributed by atoms with E-state index in [9.17, 15) is 18.1 Å². The van der Waals surface area contributed by atoms with E-state index in [4.69, 9.17) is 5.11 Å². The van der Waals surface area contributed by atoms with Crippen molar-refractivity contribution in [1.82, 2.24) is 0 Å². The van der Waals surface area contributed by atoms with Crippen LogP contribution in [-0.4, -0.2) is 30.0 Å². The monoisotopic (exact) mass is 272 g/mol. The number of rotatable bonds is 8. The van der Waals surface area contributed by atoms with Gasteiger partial charge in [0.1, 0.15) is 0 Å². The average molecular weight is 272 g/mol. The van der Waals surface area contributed by atoms with Crippen LogP contribution in [0.15, 0.2) is 12.2 Å². The second-order valence-electron chi connectivity index (χ2n) is 3.08. The predicted molar refractivity (Wildman–Crippen MR) is 57.2 cm³/mol. The van der Waals surface area contributed by atoms with Crippen LogP contribution in [0, 0.1) is 0 Å². The predicted octanol–water partition coefficient (Wildman–Crippen LogP) is 2.88. The lowest BCUT2D eigenvalue weighted by Gasteiger charge is -2.25. The Labute approximate surface area is 97.9 Å². The number of hydrogen-bond donors (Lipinski definition) is 1. The lowest BCUT2D eigenvalue weighted by Crippen LogP contribution is -2.22. The molecule has 0 aliphatic rings. The van der Waals surface area contributed by atoms with E-state index < -0.39 is 31.2 Å². The van der Waals surface area contributed by atoms with Crippen LogP contribution in [0.3, 0.4) is 0 Å². The van der Waals surface area contributed by atoms with Gasteiger partial charge in [-0.3, -0.25) is 4.57 Å². The fraction of sp³-hybridized carbons (Fsp3) is 0.667. The summed E-state index contributed by atoms with van der Waals surface area (Å²) < 4.78 is 47.9. The molecule has 0 unspecified atom stereocenters. The minimum Gasteiger partial charge on any atom is -0.478 e. The third-order valence-corrected chi connectivity index (χ3v) is 3.88. The molecule has 0 spiro atoms. The lowest BCUT2D eigenvalue weighted by atomic mass is 10.2. The highest BCUT2D eigenvalue weighted by molar-refractivity contribution is 7.55. The van der Waals surface area contributed by atoms with Crippen molar-refractivity contribution < 1.29 is 32.3 Å². The van der Waals surface area contributed by atoms with Crippen LogP contribution < -0.4 is 0 Å². The summed E-state index contributed by atoms with van der Waals surface area (Å²) in [5.74, 6) is -1.58. The first kappa shape index (κ1) is 16.2. The molecule has 17 heavy (non-hydrogen) atoms. The van der Waals surface area contributed by atoms with Crippen molar-refractivity contribution in [3.05, 3.63) is 12.2 Å². The Hall–Kier alpha value is -0.780. The Morgan fingerprint density at radius 2 is 1.76 bits per heavy atom. The maximum atomic E-state index is 13.6. The van der Waals surface area contributed by atoms with Crippen LogP contribution in [0.2, 0.25) is 0 Å². The zero-order chi connectivity index (χ0) is 13.7. The van der Waals surface area contributed by atoms with Crippen molar-refractivity contribution in [2.45, 2.75) is 25.9 Å². The summed E-state index contributed by atoms with van der Waals surface area (Å²) in [7, 11) is -4.67. The number of halogens is 2. The Kier molecular flexibility index (Phi) is 5.95. The van der Waals surface area contributed by atoms with E-state index in [0.717, 1.165) is 0 Å². The second kappa shape index (κ2) is 6.23. The summed E-state index contributed by atoms with van der Waals surface area (Å²) >= 11 is 0. The van der Waals surface area contributed by atoms with Crippen LogP contribution in [0.25, 0.3) is 0 Å². The molecule has 0 aliphatic carbocycles. The largest absolute Gasteiger partial charge is 0.478 e. The smallest absolute Gasteiger partial charge is 0.399 e. The first-order valence-corrected chi connectivity index (χ1v) is 6.42. The SMILES string of the molecule is C=C(CC(F)(F)P(=O)(OCC)OCC)C(=O)O. The fourth-order valence-corrected chi connectivity index (χ4v) is 2.51. The van der Waals surface area contributed by atoms with Crippen LogP contribution in [0.4, 0.5) is 8.78 Å². The standard InChI is InChI=1S/C9H15F2O5P/c1-4-15-17(14,16-5-2)9(10,11)6-7(3)8(12)13/h3-6H2,1-2H3,(H,12,13). The van der Waals surface area contributed by atoms with E-state index in [0.29, 0.717) is 0 Å². The molecule has 0 aromatic rings. The Morgan fingerprint density at radius 1 is 1.35 bits per heavy atom. The zero-order valence-corrected chi connectivity index (χ0v) is 10.5. The van der Waals surface area contributed by atoms with Crippen LogP contribution in [-0.2, 0) is 18.4 Å². The van der Waals surface area contributed by atoms with E-state index in [2.05, 4.69) is 15.6 Å². The summed E-state index contributed by atoms with van der Waals surface area (Å²) in [6.07, 6.45) is -1.28. The van der Waals surface area contributed by atoms with Crippen molar-refractivity contribution >= 4 is 13.6 Å². The molecular weight excluding hydrogens is 257 g/mol. The van der Waals surface area contributed by atoms with Crippen molar-refractivity contribution in [3.8, 4) is 0 Å². The van der Waals surface area contributed by atoms with Crippen molar-refractivity contribution in [1.29, 1.82) is 0 Å². The quantitative estimate of drug-likeness (QED) is 0.543. The Balaban J connectivity index is 5.02. The molecule has 0 atom stereocenters. The molecule has 0 amide bonds. The number of carboxylic acids is 1. The molecule has 0 radical (unpaired) electrons. The highest BCUT2D eigenvalue weighted by Gasteiger charge is 2.53. The van der Waals surface area contributed by atoms with Gasteiger partial charge in [0.15, 0.2) is 0 Å². The summed E-state index contributed by atoms with van der Waals surface area (Å²) in [4.78, 5) is 10.4. The van der Waals surface area contributed by atoms with E-state index in [-0.39, 0.29) is 13.2 Å². The molecule has 0 heterocycles. The molecule has 0 saturated carbocycles. The van der Waals surface area contributed by atoms with Gasteiger partial charge in [-0.15, -0.1) is 0 Å². The molecule has 0 fully saturated rings. The second-order valence-corrected chi connectivity index (χ2v) is 5.25. The zero-order valence-electron chi connectivity index (χ0n) is 9.61. The van der Waals surface area contributed by atoms with Crippen molar-refractivity contribution in [3.63, 3.8) is 0 Å². The molecule has 0 aliphatic heterocycles. The fourth-order valence-electron chi connectivity index (χ4n) is 0.995. The van der Waals surface area contributed by atoms with Gasteiger partial charge in [-0.05, 0) is 13.8 Å². The first-order valence-electron chi connectivity index (χ1n) is 4.88. The number of carbonyl (C=O) groups is 1. The summed E-state index contributed by atoms with van der Waals surface area (Å²) in [5.41, 5.74) is -4.66. The van der Waals surface area contributed by atoms with Crippen molar-refractivity contribution in [2.24, 2.45) is 0 Å². The van der Waals surface area contributed by atoms with Gasteiger partial charge in [-0.25, -0.2) is 4.79 Å². The molecule has 100 valence electrons. The highest BCUT2D eigenvalue weighted by atomic mass is 31.2. The molecule has 0 aromatic carbocycles.